The molecule has 2 aromatic carbocycles. The molecule has 0 bridgehead atoms. The zero-order chi connectivity index (χ0) is 13.8. The number of aromatic nitrogens is 1. The molecule has 2 heteroatoms. The lowest BCUT2D eigenvalue weighted by Crippen LogP contribution is -1.86. The summed E-state index contributed by atoms with van der Waals surface area (Å²) in [5.74, 6) is 0.865. The number of rotatable bonds is 3. The fraction of sp³-hybridized carbons (Fsp3) is 0.0556. The first-order valence-corrected chi connectivity index (χ1v) is 6.54. The molecule has 0 fully saturated rings. The van der Waals surface area contributed by atoms with Crippen molar-refractivity contribution in [1.82, 2.24) is 4.98 Å². The van der Waals surface area contributed by atoms with Crippen LogP contribution in [0.3, 0.4) is 0 Å². The lowest BCUT2D eigenvalue weighted by molar-refractivity contribution is 0.414. The molecule has 0 aliphatic carbocycles. The van der Waals surface area contributed by atoms with Crippen LogP contribution in [0, 0.1) is 0 Å². The number of methoxy groups -OCH3 is 1. The van der Waals surface area contributed by atoms with E-state index in [4.69, 9.17) is 4.74 Å². The molecule has 20 heavy (non-hydrogen) atoms. The number of hydrogen-bond donors (Lipinski definition) is 0. The molecule has 0 N–H and O–H groups in total. The molecule has 3 aromatic rings. The highest BCUT2D eigenvalue weighted by atomic mass is 16.5. The second-order valence-corrected chi connectivity index (χ2v) is 4.50. The van der Waals surface area contributed by atoms with Gasteiger partial charge in [0.25, 0.3) is 0 Å². The van der Waals surface area contributed by atoms with Crippen LogP contribution in [-0.2, 0) is 0 Å². The van der Waals surface area contributed by atoms with Crippen LogP contribution in [0.25, 0.3) is 23.1 Å². The third kappa shape index (κ3) is 2.54. The second kappa shape index (κ2) is 5.57. The summed E-state index contributed by atoms with van der Waals surface area (Å²) in [4.78, 5) is 4.62. The quantitative estimate of drug-likeness (QED) is 0.696. The number of para-hydroxylation sites is 2. The molecule has 0 unspecified atom stereocenters. The van der Waals surface area contributed by atoms with E-state index in [1.54, 1.807) is 7.11 Å². The number of ether oxygens (including phenoxy) is 1. The van der Waals surface area contributed by atoms with Crippen LogP contribution in [-0.4, -0.2) is 12.1 Å². The Kier molecular flexibility index (Phi) is 3.46. The van der Waals surface area contributed by atoms with Gasteiger partial charge >= 0.3 is 0 Å². The maximum absolute atomic E-state index is 5.33. The van der Waals surface area contributed by atoms with Crippen LogP contribution in [0.5, 0.6) is 5.75 Å². The molecule has 0 spiro atoms. The lowest BCUT2D eigenvalue weighted by atomic mass is 10.1. The van der Waals surface area contributed by atoms with Crippen molar-refractivity contribution >= 4 is 23.1 Å². The van der Waals surface area contributed by atoms with Gasteiger partial charge in [-0.25, -0.2) is 4.98 Å². The molecule has 0 amide bonds. The lowest BCUT2D eigenvalue weighted by Gasteiger charge is -2.03. The molecule has 98 valence electrons. The highest BCUT2D eigenvalue weighted by Gasteiger charge is 1.98. The van der Waals surface area contributed by atoms with Gasteiger partial charge in [0, 0.05) is 10.9 Å². The Morgan fingerprint density at radius 2 is 1.65 bits per heavy atom. The first kappa shape index (κ1) is 12.4. The average Bonchev–Trinajstić information content (AvgIpc) is 2.53. The van der Waals surface area contributed by atoms with Crippen molar-refractivity contribution in [3.63, 3.8) is 0 Å². The van der Waals surface area contributed by atoms with E-state index < -0.39 is 0 Å². The summed E-state index contributed by atoms with van der Waals surface area (Å²) < 4.78 is 5.33. The van der Waals surface area contributed by atoms with Crippen molar-refractivity contribution in [2.24, 2.45) is 0 Å². The summed E-state index contributed by atoms with van der Waals surface area (Å²) in [5.41, 5.74) is 2.99. The minimum absolute atomic E-state index is 0.865. The van der Waals surface area contributed by atoms with Crippen LogP contribution in [0.4, 0.5) is 0 Å². The molecule has 0 aliphatic heterocycles. The number of nitrogens with zero attached hydrogens (tertiary/aromatic N) is 1. The summed E-state index contributed by atoms with van der Waals surface area (Å²) >= 11 is 0. The Balaban J connectivity index is 1.94. The Morgan fingerprint density at radius 1 is 0.850 bits per heavy atom. The molecule has 0 saturated heterocycles. The molecular formula is C18H15NO. The number of hydrogen-bond acceptors (Lipinski definition) is 2. The van der Waals surface area contributed by atoms with Gasteiger partial charge in [0.15, 0.2) is 0 Å². The van der Waals surface area contributed by atoms with Gasteiger partial charge in [0.1, 0.15) is 5.75 Å². The zero-order valence-corrected chi connectivity index (χ0v) is 11.3. The molecule has 1 heterocycles. The van der Waals surface area contributed by atoms with Gasteiger partial charge in [-0.2, -0.15) is 0 Å². The van der Waals surface area contributed by atoms with Gasteiger partial charge in [-0.05, 0) is 30.4 Å². The Labute approximate surface area is 118 Å². The van der Waals surface area contributed by atoms with E-state index in [2.05, 4.69) is 17.1 Å². The predicted octanol–water partition coefficient (Wildman–Crippen LogP) is 4.41. The topological polar surface area (TPSA) is 22.1 Å². The number of pyridine rings is 1. The minimum Gasteiger partial charge on any atom is -0.496 e. The summed E-state index contributed by atoms with van der Waals surface area (Å²) in [6, 6.07) is 20.2. The molecule has 3 rings (SSSR count). The number of fused-ring (bicyclic) bond motifs is 1. The van der Waals surface area contributed by atoms with E-state index in [1.807, 2.05) is 60.7 Å². The van der Waals surface area contributed by atoms with Crippen molar-refractivity contribution in [3.05, 3.63) is 71.9 Å². The van der Waals surface area contributed by atoms with Crippen LogP contribution in [0.1, 0.15) is 11.3 Å². The third-order valence-corrected chi connectivity index (χ3v) is 3.19. The SMILES string of the molecule is COc1ccccc1/C=C/c1ccc2ccccc2n1. The molecule has 1 aromatic heterocycles. The van der Waals surface area contributed by atoms with E-state index in [-0.39, 0.29) is 0 Å². The first-order valence-electron chi connectivity index (χ1n) is 6.54. The molecular weight excluding hydrogens is 246 g/mol. The highest BCUT2D eigenvalue weighted by molar-refractivity contribution is 5.81. The van der Waals surface area contributed by atoms with E-state index in [9.17, 15) is 0 Å². The standard InChI is InChI=1S/C18H15NO/c1-20-18-9-5-3-7-15(18)11-13-16-12-10-14-6-2-4-8-17(14)19-16/h2-13H,1H3/b13-11+. The second-order valence-electron chi connectivity index (χ2n) is 4.50. The molecule has 0 radical (unpaired) electrons. The van der Waals surface area contributed by atoms with E-state index in [0.29, 0.717) is 0 Å². The maximum Gasteiger partial charge on any atom is 0.126 e. The summed E-state index contributed by atoms with van der Waals surface area (Å²) in [6.07, 6.45) is 4.03. The zero-order valence-electron chi connectivity index (χ0n) is 11.3. The van der Waals surface area contributed by atoms with Crippen molar-refractivity contribution < 1.29 is 4.74 Å². The highest BCUT2D eigenvalue weighted by Crippen LogP contribution is 2.20. The molecule has 0 atom stereocenters. The van der Waals surface area contributed by atoms with E-state index >= 15 is 0 Å². The van der Waals surface area contributed by atoms with Crippen molar-refractivity contribution in [1.29, 1.82) is 0 Å². The summed E-state index contributed by atoms with van der Waals surface area (Å²) in [5, 5.41) is 1.15. The van der Waals surface area contributed by atoms with Crippen LogP contribution in [0.15, 0.2) is 60.7 Å². The van der Waals surface area contributed by atoms with Gasteiger partial charge < -0.3 is 4.74 Å². The largest absolute Gasteiger partial charge is 0.496 e. The van der Waals surface area contributed by atoms with Crippen LogP contribution >= 0.6 is 0 Å². The normalized spacial score (nSPS) is 11.1. The van der Waals surface area contributed by atoms with E-state index in [0.717, 1.165) is 27.9 Å². The Bertz CT molecular complexity index is 762. The third-order valence-electron chi connectivity index (χ3n) is 3.19. The number of benzene rings is 2. The van der Waals surface area contributed by atoms with Crippen molar-refractivity contribution in [3.8, 4) is 5.75 Å². The summed E-state index contributed by atoms with van der Waals surface area (Å²) in [7, 11) is 1.68. The Hall–Kier alpha value is -2.61. The fourth-order valence-corrected chi connectivity index (χ4v) is 2.15. The van der Waals surface area contributed by atoms with Gasteiger partial charge in [-0.1, -0.05) is 42.5 Å². The summed E-state index contributed by atoms with van der Waals surface area (Å²) in [6.45, 7) is 0. The first-order chi connectivity index (χ1) is 9.86. The smallest absolute Gasteiger partial charge is 0.126 e. The average molecular weight is 261 g/mol. The van der Waals surface area contributed by atoms with Gasteiger partial charge in [0.05, 0.1) is 18.3 Å². The molecule has 2 nitrogen and oxygen atoms in total. The van der Waals surface area contributed by atoms with Crippen LogP contribution < -0.4 is 4.74 Å². The van der Waals surface area contributed by atoms with Gasteiger partial charge in [-0.15, -0.1) is 0 Å². The van der Waals surface area contributed by atoms with E-state index in [1.165, 1.54) is 0 Å². The maximum atomic E-state index is 5.33. The fourth-order valence-electron chi connectivity index (χ4n) is 2.15. The van der Waals surface area contributed by atoms with Crippen molar-refractivity contribution in [2.45, 2.75) is 0 Å². The molecule has 0 aliphatic rings. The monoisotopic (exact) mass is 261 g/mol. The predicted molar refractivity (Wildman–Crippen MR) is 83.7 cm³/mol. The van der Waals surface area contributed by atoms with Gasteiger partial charge in [0.2, 0.25) is 0 Å². The molecule has 0 saturated carbocycles. The van der Waals surface area contributed by atoms with Crippen molar-refractivity contribution in [2.75, 3.05) is 7.11 Å². The van der Waals surface area contributed by atoms with Crippen LogP contribution in [0.2, 0.25) is 0 Å². The van der Waals surface area contributed by atoms with Gasteiger partial charge in [-0.3, -0.25) is 0 Å². The minimum atomic E-state index is 0.865. The Morgan fingerprint density at radius 3 is 2.55 bits per heavy atom.